The second-order valence-electron chi connectivity index (χ2n) is 4.59. The van der Waals surface area contributed by atoms with Crippen LogP contribution in [0.4, 0.5) is 0 Å². The first-order valence-electron chi connectivity index (χ1n) is 5.29. The lowest BCUT2D eigenvalue weighted by atomic mass is 9.91. The number of alkyl halides is 1. The Bertz CT molecular complexity index is 444. The predicted octanol–water partition coefficient (Wildman–Crippen LogP) is 2.37. The van der Waals surface area contributed by atoms with Crippen LogP contribution in [0.1, 0.15) is 25.5 Å². The molecule has 0 fully saturated rings. The van der Waals surface area contributed by atoms with Gasteiger partial charge in [0.25, 0.3) is 0 Å². The number of aliphatic hydroxyl groups is 1. The van der Waals surface area contributed by atoms with Crippen molar-refractivity contribution in [3.05, 3.63) is 17.7 Å². The van der Waals surface area contributed by atoms with Crippen LogP contribution in [-0.4, -0.2) is 27.8 Å². The topological polar surface area (TPSA) is 58.9 Å². The summed E-state index contributed by atoms with van der Waals surface area (Å²) >= 11 is 3.42. The van der Waals surface area contributed by atoms with Gasteiger partial charge in [0, 0.05) is 5.56 Å². The van der Waals surface area contributed by atoms with E-state index in [0.717, 1.165) is 0 Å². The van der Waals surface area contributed by atoms with Crippen LogP contribution in [-0.2, 0) is 0 Å². The molecule has 1 aliphatic rings. The SMILES string of the molecule is COc1ccc2c(c1O)OC(C)(C)C(Br)C2O. The van der Waals surface area contributed by atoms with Gasteiger partial charge in [0.2, 0.25) is 5.75 Å². The molecule has 2 N–H and O–H groups in total. The summed E-state index contributed by atoms with van der Waals surface area (Å²) in [5, 5.41) is 20.2. The molecule has 5 heteroatoms. The summed E-state index contributed by atoms with van der Waals surface area (Å²) in [6.07, 6.45) is -0.731. The van der Waals surface area contributed by atoms with Crippen LogP contribution in [0.5, 0.6) is 17.2 Å². The van der Waals surface area contributed by atoms with Crippen LogP contribution in [0.3, 0.4) is 0 Å². The van der Waals surface area contributed by atoms with Crippen LogP contribution >= 0.6 is 15.9 Å². The summed E-state index contributed by atoms with van der Waals surface area (Å²) in [4.78, 5) is -0.240. The Balaban J connectivity index is 2.57. The molecule has 0 aromatic heterocycles. The molecule has 1 aliphatic heterocycles. The third kappa shape index (κ3) is 1.87. The number of ether oxygens (including phenoxy) is 2. The van der Waals surface area contributed by atoms with Crippen molar-refractivity contribution in [2.45, 2.75) is 30.4 Å². The van der Waals surface area contributed by atoms with Crippen molar-refractivity contribution < 1.29 is 19.7 Å². The molecule has 0 spiro atoms. The van der Waals surface area contributed by atoms with Crippen molar-refractivity contribution in [3.63, 3.8) is 0 Å². The highest BCUT2D eigenvalue weighted by molar-refractivity contribution is 9.09. The molecule has 1 aromatic carbocycles. The molecule has 0 amide bonds. The normalized spacial score (nSPS) is 25.9. The summed E-state index contributed by atoms with van der Waals surface area (Å²) in [7, 11) is 1.47. The van der Waals surface area contributed by atoms with Gasteiger partial charge in [-0.3, -0.25) is 0 Å². The zero-order chi connectivity index (χ0) is 12.8. The highest BCUT2D eigenvalue weighted by Crippen LogP contribution is 2.50. The van der Waals surface area contributed by atoms with Crippen molar-refractivity contribution in [1.29, 1.82) is 0 Å². The number of fused-ring (bicyclic) bond motifs is 1. The van der Waals surface area contributed by atoms with E-state index in [0.29, 0.717) is 11.3 Å². The Morgan fingerprint density at radius 1 is 1.41 bits per heavy atom. The molecule has 1 aromatic rings. The number of halogens is 1. The van der Waals surface area contributed by atoms with Crippen molar-refractivity contribution in [1.82, 2.24) is 0 Å². The number of phenols is 1. The molecule has 17 heavy (non-hydrogen) atoms. The summed E-state index contributed by atoms with van der Waals surface area (Å²) < 4.78 is 10.8. The van der Waals surface area contributed by atoms with Gasteiger partial charge >= 0.3 is 0 Å². The van der Waals surface area contributed by atoms with E-state index in [1.165, 1.54) is 7.11 Å². The molecule has 1 heterocycles. The van der Waals surface area contributed by atoms with E-state index in [4.69, 9.17) is 9.47 Å². The summed E-state index contributed by atoms with van der Waals surface area (Å²) in [6, 6.07) is 3.31. The maximum atomic E-state index is 10.2. The Morgan fingerprint density at radius 2 is 2.06 bits per heavy atom. The number of hydrogen-bond donors (Lipinski definition) is 2. The van der Waals surface area contributed by atoms with Gasteiger partial charge in [-0.05, 0) is 26.0 Å². The average molecular weight is 303 g/mol. The third-order valence-corrected chi connectivity index (χ3v) is 4.57. The fourth-order valence-corrected chi connectivity index (χ4v) is 2.31. The molecule has 0 bridgehead atoms. The van der Waals surface area contributed by atoms with Gasteiger partial charge < -0.3 is 19.7 Å². The summed E-state index contributed by atoms with van der Waals surface area (Å²) in [5.41, 5.74) is -0.0551. The van der Waals surface area contributed by atoms with Crippen molar-refractivity contribution >= 4 is 15.9 Å². The molecule has 2 rings (SSSR count). The van der Waals surface area contributed by atoms with Gasteiger partial charge in [0.05, 0.1) is 18.0 Å². The molecular weight excluding hydrogens is 288 g/mol. The minimum atomic E-state index is -0.731. The number of rotatable bonds is 1. The third-order valence-electron chi connectivity index (χ3n) is 2.97. The molecule has 2 atom stereocenters. The largest absolute Gasteiger partial charge is 0.502 e. The van der Waals surface area contributed by atoms with E-state index in [2.05, 4.69) is 15.9 Å². The number of phenolic OH excluding ortho intramolecular Hbond substituents is 1. The number of benzene rings is 1. The molecule has 0 radical (unpaired) electrons. The van der Waals surface area contributed by atoms with Crippen LogP contribution in [0.25, 0.3) is 0 Å². The molecule has 94 valence electrons. The van der Waals surface area contributed by atoms with E-state index in [1.54, 1.807) is 12.1 Å². The lowest BCUT2D eigenvalue weighted by molar-refractivity contribution is 0.0198. The van der Waals surface area contributed by atoms with Gasteiger partial charge in [-0.15, -0.1) is 0 Å². The lowest BCUT2D eigenvalue weighted by Gasteiger charge is -2.40. The van der Waals surface area contributed by atoms with Crippen LogP contribution in [0, 0.1) is 0 Å². The quantitative estimate of drug-likeness (QED) is 0.782. The first-order valence-corrected chi connectivity index (χ1v) is 6.21. The van der Waals surface area contributed by atoms with Gasteiger partial charge in [0.15, 0.2) is 11.5 Å². The van der Waals surface area contributed by atoms with Crippen molar-refractivity contribution in [2.75, 3.05) is 7.11 Å². The van der Waals surface area contributed by atoms with Crippen LogP contribution in [0.2, 0.25) is 0 Å². The first-order chi connectivity index (χ1) is 7.88. The van der Waals surface area contributed by atoms with E-state index in [-0.39, 0.29) is 16.3 Å². The van der Waals surface area contributed by atoms with Gasteiger partial charge in [-0.2, -0.15) is 0 Å². The maximum absolute atomic E-state index is 10.2. The Morgan fingerprint density at radius 3 is 2.65 bits per heavy atom. The predicted molar refractivity (Wildman–Crippen MR) is 67.0 cm³/mol. The molecule has 0 saturated carbocycles. The fourth-order valence-electron chi connectivity index (χ4n) is 1.93. The molecule has 4 nitrogen and oxygen atoms in total. The number of aromatic hydroxyl groups is 1. The van der Waals surface area contributed by atoms with E-state index in [9.17, 15) is 10.2 Å². The van der Waals surface area contributed by atoms with Crippen LogP contribution < -0.4 is 9.47 Å². The Kier molecular flexibility index (Phi) is 2.99. The lowest BCUT2D eigenvalue weighted by Crippen LogP contribution is -2.45. The monoisotopic (exact) mass is 302 g/mol. The minimum absolute atomic E-state index is 0.0727. The number of hydrogen-bond acceptors (Lipinski definition) is 4. The molecule has 0 aliphatic carbocycles. The second kappa shape index (κ2) is 4.07. The van der Waals surface area contributed by atoms with E-state index in [1.807, 2.05) is 13.8 Å². The first kappa shape index (κ1) is 12.5. The Labute approximate surface area is 108 Å². The van der Waals surface area contributed by atoms with Gasteiger partial charge in [-0.1, -0.05) is 15.9 Å². The summed E-state index contributed by atoms with van der Waals surface area (Å²) in [6.45, 7) is 3.69. The van der Waals surface area contributed by atoms with Crippen molar-refractivity contribution in [2.24, 2.45) is 0 Å². The minimum Gasteiger partial charge on any atom is -0.502 e. The van der Waals surface area contributed by atoms with Gasteiger partial charge in [-0.25, -0.2) is 0 Å². The van der Waals surface area contributed by atoms with Gasteiger partial charge in [0.1, 0.15) is 5.60 Å². The van der Waals surface area contributed by atoms with E-state index >= 15 is 0 Å². The maximum Gasteiger partial charge on any atom is 0.201 e. The number of methoxy groups -OCH3 is 1. The second-order valence-corrected chi connectivity index (χ2v) is 5.57. The molecule has 2 unspecified atom stereocenters. The Hall–Kier alpha value is -0.940. The van der Waals surface area contributed by atoms with Crippen molar-refractivity contribution in [3.8, 4) is 17.2 Å². The van der Waals surface area contributed by atoms with E-state index < -0.39 is 11.7 Å². The smallest absolute Gasteiger partial charge is 0.201 e. The standard InChI is InChI=1S/C12H15BrO4/c1-12(2)11(13)8(14)6-4-5-7(16-3)9(15)10(6)17-12/h4-5,8,11,14-15H,1-3H3. The number of aliphatic hydroxyl groups excluding tert-OH is 1. The zero-order valence-corrected chi connectivity index (χ0v) is 11.5. The highest BCUT2D eigenvalue weighted by Gasteiger charge is 2.43. The summed E-state index contributed by atoms with van der Waals surface area (Å²) in [5.74, 6) is 0.550. The highest BCUT2D eigenvalue weighted by atomic mass is 79.9. The average Bonchev–Trinajstić information content (AvgIpc) is 2.28. The molecule has 0 saturated heterocycles. The fraction of sp³-hybridized carbons (Fsp3) is 0.500. The molecular formula is C12H15BrO4. The zero-order valence-electron chi connectivity index (χ0n) is 9.90. The van der Waals surface area contributed by atoms with Crippen LogP contribution in [0.15, 0.2) is 12.1 Å².